The van der Waals surface area contributed by atoms with Crippen LogP contribution in [0.25, 0.3) is 11.5 Å². The largest absolute Gasteiger partial charge is 0.489 e. The van der Waals surface area contributed by atoms with Gasteiger partial charge in [0, 0.05) is 33.1 Å². The van der Waals surface area contributed by atoms with E-state index in [1.165, 1.54) is 5.56 Å². The Labute approximate surface area is 223 Å². The van der Waals surface area contributed by atoms with Gasteiger partial charge < -0.3 is 19.9 Å². The molecule has 10 nitrogen and oxygen atoms in total. The molecule has 0 saturated carbocycles. The number of carbonyl (C=O) groups excluding carboxylic acids is 2. The standard InChI is InChI=1S/C28H37N7O3/c1-18(2)19(3)38-22-9-8-21(30-13-22)16-35-15-20-7-10-23(32-26(20)28(35,4)5)27-31-14-24(34(27)6)33-25(37)11-12-29-17-36/h7-10,13-14,17-19H,11-12,15-16H2,1-6H3,(H,29,36)(H,33,37). The second kappa shape index (κ2) is 11.3. The average molecular weight is 520 g/mol. The van der Waals surface area contributed by atoms with Gasteiger partial charge in [-0.15, -0.1) is 0 Å². The molecule has 202 valence electrons. The van der Waals surface area contributed by atoms with E-state index in [0.717, 1.165) is 29.4 Å². The molecule has 1 aliphatic rings. The van der Waals surface area contributed by atoms with Crippen molar-refractivity contribution < 1.29 is 14.3 Å². The normalized spacial score (nSPS) is 15.2. The first-order chi connectivity index (χ1) is 18.1. The zero-order valence-electron chi connectivity index (χ0n) is 23.0. The first kappa shape index (κ1) is 27.3. The molecule has 0 aliphatic carbocycles. The van der Waals surface area contributed by atoms with Gasteiger partial charge in [-0.1, -0.05) is 19.9 Å². The van der Waals surface area contributed by atoms with Crippen LogP contribution in [0.5, 0.6) is 5.75 Å². The summed E-state index contributed by atoms with van der Waals surface area (Å²) >= 11 is 0. The third kappa shape index (κ3) is 5.85. The van der Waals surface area contributed by atoms with Gasteiger partial charge in [-0.2, -0.15) is 0 Å². The number of carbonyl (C=O) groups is 2. The number of hydrogen-bond donors (Lipinski definition) is 2. The third-order valence-corrected chi connectivity index (χ3v) is 7.19. The Bertz CT molecular complexity index is 1280. The molecule has 2 amide bonds. The van der Waals surface area contributed by atoms with Crippen LogP contribution in [0, 0.1) is 5.92 Å². The molecular formula is C28H37N7O3. The van der Waals surface area contributed by atoms with E-state index in [2.05, 4.69) is 66.2 Å². The Morgan fingerprint density at radius 1 is 1.16 bits per heavy atom. The van der Waals surface area contributed by atoms with Crippen molar-refractivity contribution in [2.24, 2.45) is 13.0 Å². The molecule has 0 fully saturated rings. The first-order valence-electron chi connectivity index (χ1n) is 13.0. The van der Waals surface area contributed by atoms with Gasteiger partial charge in [0.2, 0.25) is 12.3 Å². The number of ether oxygens (including phenoxy) is 1. The Kier molecular flexibility index (Phi) is 8.11. The number of aromatic nitrogens is 4. The van der Waals surface area contributed by atoms with Crippen molar-refractivity contribution in [3.63, 3.8) is 0 Å². The summed E-state index contributed by atoms with van der Waals surface area (Å²) in [6, 6.07) is 8.10. The van der Waals surface area contributed by atoms with Gasteiger partial charge in [0.05, 0.1) is 35.4 Å². The second-order valence-electron chi connectivity index (χ2n) is 10.6. The maximum atomic E-state index is 12.2. The van der Waals surface area contributed by atoms with E-state index in [0.29, 0.717) is 30.5 Å². The fraction of sp³-hybridized carbons (Fsp3) is 0.464. The number of nitrogens with zero attached hydrogens (tertiary/aromatic N) is 5. The Morgan fingerprint density at radius 2 is 1.95 bits per heavy atom. The van der Waals surface area contributed by atoms with Crippen LogP contribution in [0.15, 0.2) is 36.7 Å². The van der Waals surface area contributed by atoms with Crippen LogP contribution in [0.3, 0.4) is 0 Å². The molecule has 0 radical (unpaired) electrons. The van der Waals surface area contributed by atoms with Gasteiger partial charge >= 0.3 is 0 Å². The van der Waals surface area contributed by atoms with Crippen LogP contribution in [0.1, 0.15) is 58.0 Å². The second-order valence-corrected chi connectivity index (χ2v) is 10.6. The van der Waals surface area contributed by atoms with Crippen LogP contribution in [-0.2, 0) is 35.3 Å². The zero-order chi connectivity index (χ0) is 27.4. The number of nitrogens with one attached hydrogen (secondary N) is 2. The number of hydrogen-bond acceptors (Lipinski definition) is 7. The van der Waals surface area contributed by atoms with Crippen molar-refractivity contribution in [3.8, 4) is 17.3 Å². The molecule has 0 aromatic carbocycles. The molecule has 3 aromatic heterocycles. The zero-order valence-corrected chi connectivity index (χ0v) is 23.0. The maximum Gasteiger partial charge on any atom is 0.227 e. The van der Waals surface area contributed by atoms with Crippen molar-refractivity contribution in [1.82, 2.24) is 29.7 Å². The Balaban J connectivity index is 1.46. The van der Waals surface area contributed by atoms with Crippen molar-refractivity contribution in [2.75, 3.05) is 11.9 Å². The summed E-state index contributed by atoms with van der Waals surface area (Å²) < 4.78 is 7.78. The van der Waals surface area contributed by atoms with Gasteiger partial charge in [-0.3, -0.25) is 19.5 Å². The van der Waals surface area contributed by atoms with Crippen LogP contribution < -0.4 is 15.4 Å². The lowest BCUT2D eigenvalue weighted by Crippen LogP contribution is -2.35. The van der Waals surface area contributed by atoms with Crippen molar-refractivity contribution in [3.05, 3.63) is 53.6 Å². The van der Waals surface area contributed by atoms with Crippen molar-refractivity contribution in [1.29, 1.82) is 0 Å². The molecule has 3 aromatic rings. The van der Waals surface area contributed by atoms with Gasteiger partial charge in [0.15, 0.2) is 5.82 Å². The topological polar surface area (TPSA) is 114 Å². The molecule has 10 heteroatoms. The SMILES string of the molecule is CC(C)C(C)Oc1ccc(CN2Cc3ccc(-c4ncc(NC(=O)CCNC=O)n4C)nc3C2(C)C)nc1. The number of pyridine rings is 2. The highest BCUT2D eigenvalue weighted by Gasteiger charge is 2.39. The number of fused-ring (bicyclic) bond motifs is 1. The minimum Gasteiger partial charge on any atom is -0.489 e. The van der Waals surface area contributed by atoms with Gasteiger partial charge in [0.1, 0.15) is 17.3 Å². The van der Waals surface area contributed by atoms with E-state index in [9.17, 15) is 9.59 Å². The monoisotopic (exact) mass is 519 g/mol. The lowest BCUT2D eigenvalue weighted by atomic mass is 9.99. The molecule has 0 spiro atoms. The summed E-state index contributed by atoms with van der Waals surface area (Å²) in [5, 5.41) is 5.32. The average Bonchev–Trinajstić information content (AvgIpc) is 3.36. The highest BCUT2D eigenvalue weighted by atomic mass is 16.5. The van der Waals surface area contributed by atoms with E-state index >= 15 is 0 Å². The molecule has 4 rings (SSSR count). The van der Waals surface area contributed by atoms with Crippen LogP contribution >= 0.6 is 0 Å². The van der Waals surface area contributed by atoms with Crippen LogP contribution in [0.2, 0.25) is 0 Å². The number of anilines is 1. The Morgan fingerprint density at radius 3 is 2.63 bits per heavy atom. The summed E-state index contributed by atoms with van der Waals surface area (Å²) in [6.07, 6.45) is 4.31. The quantitative estimate of drug-likeness (QED) is 0.294. The molecule has 0 saturated heterocycles. The predicted octanol–water partition coefficient (Wildman–Crippen LogP) is 3.63. The molecule has 0 bridgehead atoms. The van der Waals surface area contributed by atoms with E-state index in [1.54, 1.807) is 12.4 Å². The van der Waals surface area contributed by atoms with Gasteiger partial charge in [-0.25, -0.2) is 9.97 Å². The van der Waals surface area contributed by atoms with Crippen LogP contribution in [0.4, 0.5) is 5.82 Å². The number of imidazole rings is 1. The summed E-state index contributed by atoms with van der Waals surface area (Å²) in [4.78, 5) is 39.1. The summed E-state index contributed by atoms with van der Waals surface area (Å²) in [5.74, 6) is 2.25. The highest BCUT2D eigenvalue weighted by molar-refractivity contribution is 5.90. The molecule has 2 N–H and O–H groups in total. The highest BCUT2D eigenvalue weighted by Crippen LogP contribution is 2.39. The van der Waals surface area contributed by atoms with Crippen molar-refractivity contribution >= 4 is 18.1 Å². The maximum absolute atomic E-state index is 12.2. The number of rotatable bonds is 11. The van der Waals surface area contributed by atoms with Gasteiger partial charge in [0.25, 0.3) is 0 Å². The third-order valence-electron chi connectivity index (χ3n) is 7.19. The molecular weight excluding hydrogens is 482 g/mol. The molecule has 38 heavy (non-hydrogen) atoms. The molecule has 1 aliphatic heterocycles. The summed E-state index contributed by atoms with van der Waals surface area (Å²) in [5.41, 5.74) is 3.60. The van der Waals surface area contributed by atoms with Crippen LogP contribution in [-0.4, -0.2) is 49.4 Å². The van der Waals surface area contributed by atoms with E-state index in [4.69, 9.17) is 9.72 Å². The smallest absolute Gasteiger partial charge is 0.227 e. The molecule has 1 atom stereocenters. The van der Waals surface area contributed by atoms with Crippen molar-refractivity contribution in [2.45, 2.75) is 65.8 Å². The van der Waals surface area contributed by atoms with Gasteiger partial charge in [-0.05, 0) is 50.5 Å². The van der Waals surface area contributed by atoms with E-state index < -0.39 is 0 Å². The molecule has 1 unspecified atom stereocenters. The lowest BCUT2D eigenvalue weighted by Gasteiger charge is -2.31. The first-order valence-corrected chi connectivity index (χ1v) is 13.0. The van der Waals surface area contributed by atoms with E-state index in [1.807, 2.05) is 29.8 Å². The van der Waals surface area contributed by atoms with E-state index in [-0.39, 0.29) is 30.5 Å². The summed E-state index contributed by atoms with van der Waals surface area (Å²) in [6.45, 7) is 12.4. The lowest BCUT2D eigenvalue weighted by molar-refractivity contribution is -0.116. The fourth-order valence-electron chi connectivity index (χ4n) is 4.41. The number of amides is 2. The molecule has 4 heterocycles. The predicted molar refractivity (Wildman–Crippen MR) is 145 cm³/mol. The summed E-state index contributed by atoms with van der Waals surface area (Å²) in [7, 11) is 1.84. The minimum atomic E-state index is -0.303. The Hall–Kier alpha value is -3.79. The minimum absolute atomic E-state index is 0.131. The fourth-order valence-corrected chi connectivity index (χ4v) is 4.41.